The minimum absolute atomic E-state index is 0.0624. The van der Waals surface area contributed by atoms with E-state index in [1.807, 2.05) is 25.1 Å². The Morgan fingerprint density at radius 1 is 1.44 bits per heavy atom. The number of ketones is 1. The predicted molar refractivity (Wildman–Crippen MR) is 71.6 cm³/mol. The minimum Gasteiger partial charge on any atom is -0.360 e. The van der Waals surface area contributed by atoms with Gasteiger partial charge in [-0.15, -0.1) is 0 Å². The van der Waals surface area contributed by atoms with Gasteiger partial charge in [0.15, 0.2) is 5.78 Å². The van der Waals surface area contributed by atoms with Gasteiger partial charge in [-0.05, 0) is 50.8 Å². The number of nitrogens with zero attached hydrogens (tertiary/aromatic N) is 2. The molecule has 2 rings (SSSR count). The minimum atomic E-state index is -0.0624. The number of carbonyl (C=O) groups excluding carboxylic acids is 1. The van der Waals surface area contributed by atoms with Gasteiger partial charge in [0.25, 0.3) is 0 Å². The molecule has 1 aromatic carbocycles. The van der Waals surface area contributed by atoms with Crippen molar-refractivity contribution in [3.8, 4) is 6.07 Å². The van der Waals surface area contributed by atoms with Gasteiger partial charge in [-0.3, -0.25) is 4.79 Å². The molecule has 1 heterocycles. The maximum Gasteiger partial charge on any atom is 0.152 e. The fourth-order valence-electron chi connectivity index (χ4n) is 2.62. The molecule has 1 unspecified atom stereocenters. The lowest BCUT2D eigenvalue weighted by atomic mass is 9.97. The first-order chi connectivity index (χ1) is 8.63. The summed E-state index contributed by atoms with van der Waals surface area (Å²) in [5.41, 5.74) is 2.70. The number of hydrogen-bond acceptors (Lipinski definition) is 3. The Bertz CT molecular complexity index is 502. The van der Waals surface area contributed by atoms with Crippen molar-refractivity contribution < 1.29 is 4.79 Å². The molecular formula is C15H18N2O. The molecule has 0 spiro atoms. The molecule has 1 aromatic rings. The van der Waals surface area contributed by atoms with Crippen LogP contribution in [0.3, 0.4) is 0 Å². The third kappa shape index (κ3) is 2.38. The second kappa shape index (κ2) is 5.22. The number of Topliss-reactive ketones (excluding diaryl/α,β-unsaturated/α-hetero) is 1. The van der Waals surface area contributed by atoms with Gasteiger partial charge < -0.3 is 4.90 Å². The standard InChI is InChI=1S/C15H18N2O/c1-11-6-7-13(10-16)15(9-11)17-8-4-3-5-14(17)12(2)18/h6-7,9,14H,3-5,8H2,1-2H3. The Morgan fingerprint density at radius 3 is 2.89 bits per heavy atom. The predicted octanol–water partition coefficient (Wildman–Crippen LogP) is 2.81. The lowest BCUT2D eigenvalue weighted by molar-refractivity contribution is -0.118. The van der Waals surface area contributed by atoms with Gasteiger partial charge in [0, 0.05) is 6.54 Å². The lowest BCUT2D eigenvalue weighted by Gasteiger charge is -2.36. The van der Waals surface area contributed by atoms with Crippen molar-refractivity contribution in [3.05, 3.63) is 29.3 Å². The first-order valence-electron chi connectivity index (χ1n) is 6.41. The highest BCUT2D eigenvalue weighted by Gasteiger charge is 2.27. The monoisotopic (exact) mass is 242 g/mol. The smallest absolute Gasteiger partial charge is 0.152 e. The highest BCUT2D eigenvalue weighted by molar-refractivity contribution is 5.86. The Morgan fingerprint density at radius 2 is 2.22 bits per heavy atom. The van der Waals surface area contributed by atoms with Crippen LogP contribution in [0.15, 0.2) is 18.2 Å². The zero-order valence-electron chi connectivity index (χ0n) is 10.9. The lowest BCUT2D eigenvalue weighted by Crippen LogP contribution is -2.44. The van der Waals surface area contributed by atoms with E-state index in [1.54, 1.807) is 6.92 Å². The number of benzene rings is 1. The molecule has 3 nitrogen and oxygen atoms in total. The van der Waals surface area contributed by atoms with Crippen LogP contribution in [0.4, 0.5) is 5.69 Å². The molecule has 0 aliphatic carbocycles. The summed E-state index contributed by atoms with van der Waals surface area (Å²) in [5, 5.41) is 9.20. The molecule has 0 bridgehead atoms. The Balaban J connectivity index is 2.42. The second-order valence-electron chi connectivity index (χ2n) is 4.95. The number of piperidine rings is 1. The molecule has 0 saturated carbocycles. The number of rotatable bonds is 2. The quantitative estimate of drug-likeness (QED) is 0.801. The van der Waals surface area contributed by atoms with Crippen molar-refractivity contribution in [2.75, 3.05) is 11.4 Å². The summed E-state index contributed by atoms with van der Waals surface area (Å²) in [6, 6.07) is 7.96. The van der Waals surface area contributed by atoms with Crippen molar-refractivity contribution >= 4 is 11.5 Å². The van der Waals surface area contributed by atoms with Crippen LogP contribution in [0.5, 0.6) is 0 Å². The van der Waals surface area contributed by atoms with Crippen LogP contribution in [-0.4, -0.2) is 18.4 Å². The summed E-state index contributed by atoms with van der Waals surface area (Å²) in [6.07, 6.45) is 3.07. The molecule has 1 aliphatic rings. The fourth-order valence-corrected chi connectivity index (χ4v) is 2.62. The topological polar surface area (TPSA) is 44.1 Å². The number of hydrogen-bond donors (Lipinski definition) is 0. The second-order valence-corrected chi connectivity index (χ2v) is 4.95. The summed E-state index contributed by atoms with van der Waals surface area (Å²) in [7, 11) is 0. The average Bonchev–Trinajstić information content (AvgIpc) is 2.38. The van der Waals surface area contributed by atoms with Crippen molar-refractivity contribution in [2.24, 2.45) is 0 Å². The van der Waals surface area contributed by atoms with Crippen molar-refractivity contribution in [1.82, 2.24) is 0 Å². The summed E-state index contributed by atoms with van der Waals surface area (Å²) in [6.45, 7) is 4.52. The maximum atomic E-state index is 11.7. The van der Waals surface area contributed by atoms with Gasteiger partial charge >= 0.3 is 0 Å². The van der Waals surface area contributed by atoms with E-state index >= 15 is 0 Å². The number of anilines is 1. The molecule has 1 fully saturated rings. The van der Waals surface area contributed by atoms with E-state index in [2.05, 4.69) is 11.0 Å². The van der Waals surface area contributed by atoms with Gasteiger partial charge in [-0.2, -0.15) is 5.26 Å². The Kier molecular flexibility index (Phi) is 3.66. The first kappa shape index (κ1) is 12.6. The van der Waals surface area contributed by atoms with Gasteiger partial charge in [-0.25, -0.2) is 0 Å². The molecule has 1 aliphatic heterocycles. The molecule has 3 heteroatoms. The zero-order valence-corrected chi connectivity index (χ0v) is 10.9. The molecule has 0 aromatic heterocycles. The van der Waals surface area contributed by atoms with Gasteiger partial charge in [0.1, 0.15) is 6.07 Å². The van der Waals surface area contributed by atoms with Crippen molar-refractivity contribution in [3.63, 3.8) is 0 Å². The molecule has 0 radical (unpaired) electrons. The van der Waals surface area contributed by atoms with E-state index in [-0.39, 0.29) is 11.8 Å². The van der Waals surface area contributed by atoms with Crippen LogP contribution >= 0.6 is 0 Å². The molecule has 1 saturated heterocycles. The Labute approximate surface area is 108 Å². The Hall–Kier alpha value is -1.82. The zero-order chi connectivity index (χ0) is 13.1. The van der Waals surface area contributed by atoms with E-state index in [0.29, 0.717) is 5.56 Å². The summed E-state index contributed by atoms with van der Waals surface area (Å²) < 4.78 is 0. The number of aryl methyl sites for hydroxylation is 1. The molecule has 1 atom stereocenters. The van der Waals surface area contributed by atoms with E-state index in [1.165, 1.54) is 0 Å². The fraction of sp³-hybridized carbons (Fsp3) is 0.467. The van der Waals surface area contributed by atoms with E-state index in [9.17, 15) is 10.1 Å². The van der Waals surface area contributed by atoms with Crippen LogP contribution < -0.4 is 4.90 Å². The third-order valence-corrected chi connectivity index (χ3v) is 3.56. The van der Waals surface area contributed by atoms with E-state index < -0.39 is 0 Å². The highest BCUT2D eigenvalue weighted by atomic mass is 16.1. The molecule has 0 amide bonds. The summed E-state index contributed by atoms with van der Waals surface area (Å²) in [4.78, 5) is 13.9. The largest absolute Gasteiger partial charge is 0.360 e. The van der Waals surface area contributed by atoms with Crippen LogP contribution in [-0.2, 0) is 4.79 Å². The van der Waals surface area contributed by atoms with Gasteiger partial charge in [0.2, 0.25) is 0 Å². The molecule has 0 N–H and O–H groups in total. The normalized spacial score (nSPS) is 19.4. The van der Waals surface area contributed by atoms with Crippen LogP contribution in [0.1, 0.15) is 37.3 Å². The van der Waals surface area contributed by atoms with Crippen molar-refractivity contribution in [1.29, 1.82) is 5.26 Å². The average molecular weight is 242 g/mol. The molecular weight excluding hydrogens is 224 g/mol. The maximum absolute atomic E-state index is 11.7. The van der Waals surface area contributed by atoms with Crippen LogP contribution in [0, 0.1) is 18.3 Å². The highest BCUT2D eigenvalue weighted by Crippen LogP contribution is 2.29. The van der Waals surface area contributed by atoms with Crippen molar-refractivity contribution in [2.45, 2.75) is 39.2 Å². The summed E-state index contributed by atoms with van der Waals surface area (Å²) >= 11 is 0. The number of carbonyl (C=O) groups is 1. The summed E-state index contributed by atoms with van der Waals surface area (Å²) in [5.74, 6) is 0.195. The number of nitriles is 1. The molecule has 94 valence electrons. The van der Waals surface area contributed by atoms with E-state index in [0.717, 1.165) is 37.1 Å². The van der Waals surface area contributed by atoms with Crippen LogP contribution in [0.25, 0.3) is 0 Å². The van der Waals surface area contributed by atoms with Gasteiger partial charge in [-0.1, -0.05) is 6.07 Å². The van der Waals surface area contributed by atoms with E-state index in [4.69, 9.17) is 0 Å². The molecule has 18 heavy (non-hydrogen) atoms. The first-order valence-corrected chi connectivity index (χ1v) is 6.41. The third-order valence-electron chi connectivity index (χ3n) is 3.56. The van der Waals surface area contributed by atoms with Gasteiger partial charge in [0.05, 0.1) is 17.3 Å². The SMILES string of the molecule is CC(=O)C1CCCCN1c1cc(C)ccc1C#N. The van der Waals surface area contributed by atoms with Crippen LogP contribution in [0.2, 0.25) is 0 Å².